The van der Waals surface area contributed by atoms with Gasteiger partial charge in [-0.05, 0) is 61.1 Å². The summed E-state index contributed by atoms with van der Waals surface area (Å²) in [5.74, 6) is 0.579. The second kappa shape index (κ2) is 6.30. The lowest BCUT2D eigenvalue weighted by Gasteiger charge is -2.28. The van der Waals surface area contributed by atoms with Crippen molar-refractivity contribution in [3.63, 3.8) is 0 Å². The van der Waals surface area contributed by atoms with Gasteiger partial charge in [-0.1, -0.05) is 52.8 Å². The SMILES string of the molecule is CC(C)c1cccc(CCCC(C)(C)N)c1C(C)(C)C. The van der Waals surface area contributed by atoms with E-state index in [1.807, 2.05) is 0 Å². The molecule has 0 bridgehead atoms. The molecule has 2 N–H and O–H groups in total. The molecular weight excluding hydrogens is 242 g/mol. The summed E-state index contributed by atoms with van der Waals surface area (Å²) in [5, 5.41) is 0. The van der Waals surface area contributed by atoms with Crippen molar-refractivity contribution in [3.05, 3.63) is 34.9 Å². The summed E-state index contributed by atoms with van der Waals surface area (Å²) in [5.41, 5.74) is 10.8. The molecular formula is C19H33N. The van der Waals surface area contributed by atoms with Crippen LogP contribution in [0.25, 0.3) is 0 Å². The maximum Gasteiger partial charge on any atom is 0.00971 e. The third-order valence-electron chi connectivity index (χ3n) is 3.82. The number of benzene rings is 1. The standard InChI is InChI=1S/C19H33N/c1-14(2)16-12-8-10-15(17(16)18(3,4)5)11-9-13-19(6,7)20/h8,10,12,14H,9,11,13,20H2,1-7H3. The van der Waals surface area contributed by atoms with Gasteiger partial charge < -0.3 is 5.73 Å². The predicted molar refractivity (Wildman–Crippen MR) is 90.4 cm³/mol. The summed E-state index contributed by atoms with van der Waals surface area (Å²) < 4.78 is 0. The van der Waals surface area contributed by atoms with Gasteiger partial charge in [0, 0.05) is 5.54 Å². The van der Waals surface area contributed by atoms with Gasteiger partial charge in [-0.15, -0.1) is 0 Å². The molecule has 1 aromatic rings. The summed E-state index contributed by atoms with van der Waals surface area (Å²) in [7, 11) is 0. The molecule has 0 heterocycles. The average Bonchev–Trinajstić information content (AvgIpc) is 2.25. The van der Waals surface area contributed by atoms with E-state index in [1.54, 1.807) is 5.56 Å². The largest absolute Gasteiger partial charge is 0.326 e. The molecule has 0 amide bonds. The molecule has 0 saturated carbocycles. The molecule has 0 unspecified atom stereocenters. The van der Waals surface area contributed by atoms with E-state index in [4.69, 9.17) is 5.73 Å². The van der Waals surface area contributed by atoms with Gasteiger partial charge >= 0.3 is 0 Å². The third-order valence-corrected chi connectivity index (χ3v) is 3.82. The van der Waals surface area contributed by atoms with Crippen LogP contribution in [0.5, 0.6) is 0 Å². The highest BCUT2D eigenvalue weighted by Gasteiger charge is 2.23. The van der Waals surface area contributed by atoms with E-state index in [0.717, 1.165) is 19.3 Å². The van der Waals surface area contributed by atoms with Crippen LogP contribution in [0.1, 0.15) is 83.9 Å². The molecule has 0 atom stereocenters. The Hall–Kier alpha value is -0.820. The topological polar surface area (TPSA) is 26.0 Å². The number of aryl methyl sites for hydroxylation is 1. The van der Waals surface area contributed by atoms with Gasteiger partial charge in [0.1, 0.15) is 0 Å². The highest BCUT2D eigenvalue weighted by molar-refractivity contribution is 5.42. The quantitative estimate of drug-likeness (QED) is 0.788. The first-order valence-corrected chi connectivity index (χ1v) is 7.93. The maximum absolute atomic E-state index is 6.10. The van der Waals surface area contributed by atoms with Crippen LogP contribution in [-0.2, 0) is 11.8 Å². The molecule has 1 rings (SSSR count). The van der Waals surface area contributed by atoms with Gasteiger partial charge in [-0.2, -0.15) is 0 Å². The molecule has 114 valence electrons. The van der Waals surface area contributed by atoms with E-state index in [-0.39, 0.29) is 11.0 Å². The molecule has 1 aromatic carbocycles. The number of rotatable bonds is 5. The summed E-state index contributed by atoms with van der Waals surface area (Å²) in [6.07, 6.45) is 3.37. The van der Waals surface area contributed by atoms with Crippen molar-refractivity contribution >= 4 is 0 Å². The highest BCUT2D eigenvalue weighted by atomic mass is 14.7. The number of hydrogen-bond donors (Lipinski definition) is 1. The second-order valence-corrected chi connectivity index (χ2v) is 8.13. The summed E-state index contributed by atoms with van der Waals surface area (Å²) in [6, 6.07) is 6.81. The summed E-state index contributed by atoms with van der Waals surface area (Å²) in [6.45, 7) is 15.8. The van der Waals surface area contributed by atoms with E-state index in [2.05, 4.69) is 66.7 Å². The van der Waals surface area contributed by atoms with Gasteiger partial charge in [0.2, 0.25) is 0 Å². The van der Waals surface area contributed by atoms with Crippen LogP contribution >= 0.6 is 0 Å². The predicted octanol–water partition coefficient (Wildman–Crippen LogP) is 5.17. The van der Waals surface area contributed by atoms with Crippen LogP contribution < -0.4 is 5.73 Å². The van der Waals surface area contributed by atoms with Gasteiger partial charge in [0.15, 0.2) is 0 Å². The normalized spacial score (nSPS) is 13.1. The minimum atomic E-state index is -0.0580. The van der Waals surface area contributed by atoms with Gasteiger partial charge in [-0.25, -0.2) is 0 Å². The van der Waals surface area contributed by atoms with Crippen molar-refractivity contribution in [2.45, 2.75) is 84.6 Å². The van der Waals surface area contributed by atoms with E-state index in [0.29, 0.717) is 5.92 Å². The minimum Gasteiger partial charge on any atom is -0.326 e. The molecule has 0 radical (unpaired) electrons. The van der Waals surface area contributed by atoms with E-state index in [1.165, 1.54) is 11.1 Å². The van der Waals surface area contributed by atoms with Crippen LogP contribution in [0.2, 0.25) is 0 Å². The zero-order chi connectivity index (χ0) is 15.6. The molecule has 20 heavy (non-hydrogen) atoms. The fourth-order valence-electron chi connectivity index (χ4n) is 2.96. The zero-order valence-electron chi connectivity index (χ0n) is 14.5. The van der Waals surface area contributed by atoms with Crippen molar-refractivity contribution in [1.82, 2.24) is 0 Å². The first kappa shape index (κ1) is 17.2. The lowest BCUT2D eigenvalue weighted by atomic mass is 9.77. The Bertz CT molecular complexity index is 430. The number of hydrogen-bond acceptors (Lipinski definition) is 1. The van der Waals surface area contributed by atoms with Crippen LogP contribution in [0.4, 0.5) is 0 Å². The molecule has 0 aromatic heterocycles. The Balaban J connectivity index is 3.04. The van der Waals surface area contributed by atoms with Crippen molar-refractivity contribution < 1.29 is 0 Å². The Morgan fingerprint density at radius 1 is 1.05 bits per heavy atom. The van der Waals surface area contributed by atoms with Gasteiger partial charge in [-0.3, -0.25) is 0 Å². The molecule has 1 nitrogen and oxygen atoms in total. The summed E-state index contributed by atoms with van der Waals surface area (Å²) in [4.78, 5) is 0. The lowest BCUT2D eigenvalue weighted by molar-refractivity contribution is 0.457. The average molecular weight is 275 g/mol. The molecule has 1 heteroatoms. The Labute approximate surface area is 126 Å². The van der Waals surface area contributed by atoms with Crippen molar-refractivity contribution in [1.29, 1.82) is 0 Å². The molecule has 0 aliphatic rings. The van der Waals surface area contributed by atoms with E-state index in [9.17, 15) is 0 Å². The second-order valence-electron chi connectivity index (χ2n) is 8.13. The van der Waals surface area contributed by atoms with Crippen molar-refractivity contribution in [2.24, 2.45) is 5.73 Å². The summed E-state index contributed by atoms with van der Waals surface area (Å²) >= 11 is 0. The van der Waals surface area contributed by atoms with Gasteiger partial charge in [0.25, 0.3) is 0 Å². The van der Waals surface area contributed by atoms with E-state index >= 15 is 0 Å². The van der Waals surface area contributed by atoms with E-state index < -0.39 is 0 Å². The van der Waals surface area contributed by atoms with Crippen LogP contribution in [0, 0.1) is 0 Å². The fourth-order valence-corrected chi connectivity index (χ4v) is 2.96. The maximum atomic E-state index is 6.10. The molecule has 0 fully saturated rings. The smallest absolute Gasteiger partial charge is 0.00971 e. The van der Waals surface area contributed by atoms with Crippen LogP contribution in [0.3, 0.4) is 0 Å². The zero-order valence-corrected chi connectivity index (χ0v) is 14.5. The third kappa shape index (κ3) is 4.94. The minimum absolute atomic E-state index is 0.0580. The highest BCUT2D eigenvalue weighted by Crippen LogP contribution is 2.34. The van der Waals surface area contributed by atoms with Gasteiger partial charge in [0.05, 0.1) is 0 Å². The molecule has 0 saturated heterocycles. The first-order chi connectivity index (χ1) is 9.02. The number of nitrogens with two attached hydrogens (primary N) is 1. The molecule has 0 aliphatic carbocycles. The Kier molecular flexibility index (Phi) is 5.43. The van der Waals surface area contributed by atoms with Crippen LogP contribution in [-0.4, -0.2) is 5.54 Å². The Morgan fingerprint density at radius 3 is 2.10 bits per heavy atom. The Morgan fingerprint density at radius 2 is 1.65 bits per heavy atom. The monoisotopic (exact) mass is 275 g/mol. The van der Waals surface area contributed by atoms with Crippen LogP contribution in [0.15, 0.2) is 18.2 Å². The fraction of sp³-hybridized carbons (Fsp3) is 0.684. The molecule has 0 spiro atoms. The van der Waals surface area contributed by atoms with Crippen molar-refractivity contribution in [2.75, 3.05) is 0 Å². The van der Waals surface area contributed by atoms with Crippen molar-refractivity contribution in [3.8, 4) is 0 Å². The first-order valence-electron chi connectivity index (χ1n) is 7.93. The molecule has 0 aliphatic heterocycles. The lowest BCUT2D eigenvalue weighted by Crippen LogP contribution is -2.31.